The smallest absolute Gasteiger partial charge is 0.230 e. The topological polar surface area (TPSA) is 82.2 Å². The summed E-state index contributed by atoms with van der Waals surface area (Å²) in [6, 6.07) is 11.3. The molecule has 0 radical (unpaired) electrons. The quantitative estimate of drug-likeness (QED) is 0.623. The molecule has 0 aliphatic carbocycles. The zero-order chi connectivity index (χ0) is 17.5. The first-order valence-corrected chi connectivity index (χ1v) is 8.66. The second-order valence-electron chi connectivity index (χ2n) is 5.24. The fourth-order valence-corrected chi connectivity index (χ4v) is 2.94. The Kier molecular flexibility index (Phi) is 5.73. The Morgan fingerprint density at radius 3 is 3.08 bits per heavy atom. The normalized spacial score (nSPS) is 10.6. The molecule has 0 fully saturated rings. The van der Waals surface area contributed by atoms with E-state index in [9.17, 15) is 4.79 Å². The van der Waals surface area contributed by atoms with Gasteiger partial charge in [0.2, 0.25) is 5.91 Å². The van der Waals surface area contributed by atoms with Crippen LogP contribution in [-0.4, -0.2) is 33.5 Å². The van der Waals surface area contributed by atoms with E-state index in [1.54, 1.807) is 19.7 Å². The van der Waals surface area contributed by atoms with Crippen molar-refractivity contribution in [3.63, 3.8) is 0 Å². The highest BCUT2D eigenvalue weighted by Gasteiger charge is 2.10. The zero-order valence-corrected chi connectivity index (χ0v) is 14.5. The molecule has 2 heterocycles. The van der Waals surface area contributed by atoms with E-state index >= 15 is 0 Å². The van der Waals surface area contributed by atoms with Gasteiger partial charge in [-0.05, 0) is 29.8 Å². The van der Waals surface area contributed by atoms with Crippen molar-refractivity contribution < 1.29 is 13.9 Å². The SMILES string of the molecule is COc1cccc(CNC(=O)CSc2nncn2Cc2ccco2)c1. The van der Waals surface area contributed by atoms with E-state index in [-0.39, 0.29) is 11.7 Å². The minimum Gasteiger partial charge on any atom is -0.497 e. The number of furan rings is 1. The number of carbonyl (C=O) groups is 1. The van der Waals surface area contributed by atoms with E-state index in [1.807, 2.05) is 41.0 Å². The van der Waals surface area contributed by atoms with Gasteiger partial charge >= 0.3 is 0 Å². The van der Waals surface area contributed by atoms with E-state index in [4.69, 9.17) is 9.15 Å². The molecule has 0 saturated heterocycles. The van der Waals surface area contributed by atoms with Crippen molar-refractivity contribution in [3.05, 3.63) is 60.3 Å². The highest BCUT2D eigenvalue weighted by molar-refractivity contribution is 7.99. The van der Waals surface area contributed by atoms with Gasteiger partial charge in [0.1, 0.15) is 17.8 Å². The molecule has 130 valence electrons. The number of nitrogens with one attached hydrogen (secondary N) is 1. The summed E-state index contributed by atoms with van der Waals surface area (Å²) >= 11 is 1.34. The van der Waals surface area contributed by atoms with Gasteiger partial charge in [-0.25, -0.2) is 0 Å². The monoisotopic (exact) mass is 358 g/mol. The maximum Gasteiger partial charge on any atom is 0.230 e. The van der Waals surface area contributed by atoms with Gasteiger partial charge in [-0.15, -0.1) is 10.2 Å². The first kappa shape index (κ1) is 17.1. The molecule has 1 aromatic carbocycles. The Balaban J connectivity index is 1.48. The second kappa shape index (κ2) is 8.39. The molecule has 3 aromatic rings. The minimum absolute atomic E-state index is 0.0691. The van der Waals surface area contributed by atoms with Gasteiger partial charge in [-0.2, -0.15) is 0 Å². The van der Waals surface area contributed by atoms with Crippen LogP contribution in [0, 0.1) is 0 Å². The molecule has 8 heteroatoms. The van der Waals surface area contributed by atoms with Crippen molar-refractivity contribution in [2.45, 2.75) is 18.2 Å². The third-order valence-corrected chi connectivity index (χ3v) is 4.42. The van der Waals surface area contributed by atoms with E-state index in [0.717, 1.165) is 17.1 Å². The maximum atomic E-state index is 12.1. The molecule has 1 amide bonds. The summed E-state index contributed by atoms with van der Waals surface area (Å²) < 4.78 is 12.3. The van der Waals surface area contributed by atoms with Crippen LogP contribution in [0.4, 0.5) is 0 Å². The number of amides is 1. The van der Waals surface area contributed by atoms with Crippen molar-refractivity contribution >= 4 is 17.7 Å². The van der Waals surface area contributed by atoms with Crippen molar-refractivity contribution in [1.29, 1.82) is 0 Å². The Morgan fingerprint density at radius 1 is 1.36 bits per heavy atom. The lowest BCUT2D eigenvalue weighted by molar-refractivity contribution is -0.118. The summed E-state index contributed by atoms with van der Waals surface area (Å²) in [5.41, 5.74) is 0.985. The molecule has 25 heavy (non-hydrogen) atoms. The third-order valence-electron chi connectivity index (χ3n) is 3.44. The molecule has 7 nitrogen and oxygen atoms in total. The third kappa shape index (κ3) is 4.87. The Labute approximate surface area is 149 Å². The first-order chi connectivity index (χ1) is 12.2. The Bertz CT molecular complexity index is 817. The standard InChI is InChI=1S/C17H18N4O3S/c1-23-14-5-2-4-13(8-14)9-18-16(22)11-25-17-20-19-12-21(17)10-15-6-3-7-24-15/h2-8,12H,9-11H2,1H3,(H,18,22). The van der Waals surface area contributed by atoms with Crippen molar-refractivity contribution in [2.75, 3.05) is 12.9 Å². The molecule has 1 N–H and O–H groups in total. The molecule has 2 aromatic heterocycles. The van der Waals surface area contributed by atoms with E-state index < -0.39 is 0 Å². The highest BCUT2D eigenvalue weighted by atomic mass is 32.2. The van der Waals surface area contributed by atoms with Gasteiger partial charge in [0, 0.05) is 6.54 Å². The molecule has 3 rings (SSSR count). The predicted molar refractivity (Wildman–Crippen MR) is 93.4 cm³/mol. The largest absolute Gasteiger partial charge is 0.497 e. The Morgan fingerprint density at radius 2 is 2.28 bits per heavy atom. The number of aromatic nitrogens is 3. The molecular weight excluding hydrogens is 340 g/mol. The lowest BCUT2D eigenvalue weighted by Crippen LogP contribution is -2.24. The van der Waals surface area contributed by atoms with Gasteiger partial charge in [-0.3, -0.25) is 4.79 Å². The summed E-state index contributed by atoms with van der Waals surface area (Å²) in [4.78, 5) is 12.1. The van der Waals surface area contributed by atoms with Crippen LogP contribution in [0.3, 0.4) is 0 Å². The average molecular weight is 358 g/mol. The highest BCUT2D eigenvalue weighted by Crippen LogP contribution is 2.16. The molecule has 0 atom stereocenters. The van der Waals surface area contributed by atoms with Crippen LogP contribution in [-0.2, 0) is 17.9 Å². The van der Waals surface area contributed by atoms with Crippen LogP contribution >= 0.6 is 11.8 Å². The summed E-state index contributed by atoms with van der Waals surface area (Å²) in [6.45, 7) is 0.990. The van der Waals surface area contributed by atoms with Gasteiger partial charge < -0.3 is 19.0 Å². The van der Waals surface area contributed by atoms with Gasteiger partial charge in [0.15, 0.2) is 5.16 Å². The van der Waals surface area contributed by atoms with E-state index in [1.165, 1.54) is 11.8 Å². The fourth-order valence-electron chi connectivity index (χ4n) is 2.20. The maximum absolute atomic E-state index is 12.1. The number of rotatable bonds is 8. The molecule has 0 bridgehead atoms. The fraction of sp³-hybridized carbons (Fsp3) is 0.235. The molecule has 0 aliphatic heterocycles. The van der Waals surface area contributed by atoms with Crippen LogP contribution in [0.2, 0.25) is 0 Å². The average Bonchev–Trinajstić information content (AvgIpc) is 3.31. The molecule has 0 unspecified atom stereocenters. The van der Waals surface area contributed by atoms with Gasteiger partial charge in [-0.1, -0.05) is 23.9 Å². The Hall–Kier alpha value is -2.74. The van der Waals surface area contributed by atoms with Crippen LogP contribution < -0.4 is 10.1 Å². The summed E-state index contributed by atoms with van der Waals surface area (Å²) in [7, 11) is 1.62. The van der Waals surface area contributed by atoms with Gasteiger partial charge in [0.05, 0.1) is 25.7 Å². The molecule has 0 spiro atoms. The van der Waals surface area contributed by atoms with Crippen molar-refractivity contribution in [1.82, 2.24) is 20.1 Å². The summed E-state index contributed by atoms with van der Waals surface area (Å²) in [6.07, 6.45) is 3.25. The number of nitrogens with zero attached hydrogens (tertiary/aromatic N) is 3. The number of hydrogen-bond acceptors (Lipinski definition) is 6. The second-order valence-corrected chi connectivity index (χ2v) is 6.18. The van der Waals surface area contributed by atoms with Crippen LogP contribution in [0.5, 0.6) is 5.75 Å². The predicted octanol–water partition coefficient (Wildman–Crippen LogP) is 2.34. The van der Waals surface area contributed by atoms with Crippen LogP contribution in [0.1, 0.15) is 11.3 Å². The van der Waals surface area contributed by atoms with Gasteiger partial charge in [0.25, 0.3) is 0 Å². The van der Waals surface area contributed by atoms with E-state index in [2.05, 4.69) is 15.5 Å². The first-order valence-electron chi connectivity index (χ1n) is 7.67. The number of hydrogen-bond donors (Lipinski definition) is 1. The lowest BCUT2D eigenvalue weighted by atomic mass is 10.2. The number of thioether (sulfide) groups is 1. The van der Waals surface area contributed by atoms with Crippen molar-refractivity contribution in [2.24, 2.45) is 0 Å². The summed E-state index contributed by atoms with van der Waals surface area (Å²) in [5.74, 6) is 1.78. The molecular formula is C17H18N4O3S. The van der Waals surface area contributed by atoms with Crippen LogP contribution in [0.25, 0.3) is 0 Å². The molecule has 0 saturated carbocycles. The number of benzene rings is 1. The minimum atomic E-state index is -0.0691. The lowest BCUT2D eigenvalue weighted by Gasteiger charge is -2.07. The zero-order valence-electron chi connectivity index (χ0n) is 13.7. The van der Waals surface area contributed by atoms with Crippen LogP contribution in [0.15, 0.2) is 58.6 Å². The molecule has 0 aliphatic rings. The summed E-state index contributed by atoms with van der Waals surface area (Å²) in [5, 5.41) is 11.5. The van der Waals surface area contributed by atoms with E-state index in [0.29, 0.717) is 18.2 Å². The number of carbonyl (C=O) groups excluding carboxylic acids is 1. The number of ether oxygens (including phenoxy) is 1. The number of methoxy groups -OCH3 is 1. The van der Waals surface area contributed by atoms with Crippen molar-refractivity contribution in [3.8, 4) is 5.75 Å².